The smallest absolute Gasteiger partial charge is 0.225 e. The minimum absolute atomic E-state index is 0. The molecule has 0 spiro atoms. The number of nitrogens with zero attached hydrogens (tertiary/aromatic N) is 1. The van der Waals surface area contributed by atoms with Crippen LogP contribution in [0.15, 0.2) is 24.3 Å². The van der Waals surface area contributed by atoms with Crippen LogP contribution in [0.3, 0.4) is 0 Å². The number of methoxy groups -OCH3 is 1. The fraction of sp³-hybridized carbons (Fsp3) is 0.562. The molecular weight excluding hydrogens is 288 g/mol. The first-order chi connectivity index (χ1) is 9.61. The summed E-state index contributed by atoms with van der Waals surface area (Å²) in [7, 11) is 3.51. The summed E-state index contributed by atoms with van der Waals surface area (Å²) in [5.41, 5.74) is 7.00. The zero-order valence-electron chi connectivity index (χ0n) is 12.7. The molecule has 1 aliphatic rings. The molecule has 2 rings (SSSR count). The Morgan fingerprint density at radius 1 is 1.38 bits per heavy atom. The lowest BCUT2D eigenvalue weighted by atomic mass is 9.85. The van der Waals surface area contributed by atoms with Crippen LogP contribution in [0.4, 0.5) is 0 Å². The number of benzene rings is 1. The van der Waals surface area contributed by atoms with E-state index in [0.717, 1.165) is 37.0 Å². The number of hydrogen-bond donors (Lipinski definition) is 1. The fourth-order valence-corrected chi connectivity index (χ4v) is 2.93. The molecule has 0 bridgehead atoms. The van der Waals surface area contributed by atoms with Crippen LogP contribution in [0.2, 0.25) is 0 Å². The third kappa shape index (κ3) is 4.61. The molecular formula is C16H25ClN2O2. The lowest BCUT2D eigenvalue weighted by Crippen LogP contribution is -2.38. The van der Waals surface area contributed by atoms with Crippen molar-refractivity contribution in [2.24, 2.45) is 11.7 Å². The largest absolute Gasteiger partial charge is 0.496 e. The lowest BCUT2D eigenvalue weighted by molar-refractivity contribution is -0.135. The van der Waals surface area contributed by atoms with Crippen LogP contribution in [-0.2, 0) is 11.3 Å². The Kier molecular flexibility index (Phi) is 6.99. The van der Waals surface area contributed by atoms with Crippen molar-refractivity contribution in [1.82, 2.24) is 4.90 Å². The van der Waals surface area contributed by atoms with E-state index < -0.39 is 0 Å². The van der Waals surface area contributed by atoms with Crippen LogP contribution in [0.1, 0.15) is 31.2 Å². The summed E-state index contributed by atoms with van der Waals surface area (Å²) in [5.74, 6) is 1.11. The number of amides is 1. The maximum Gasteiger partial charge on any atom is 0.225 e. The average molecular weight is 313 g/mol. The highest BCUT2D eigenvalue weighted by Crippen LogP contribution is 2.26. The van der Waals surface area contributed by atoms with Gasteiger partial charge in [0.25, 0.3) is 0 Å². The van der Waals surface area contributed by atoms with E-state index in [1.54, 1.807) is 12.0 Å². The van der Waals surface area contributed by atoms with Gasteiger partial charge in [-0.3, -0.25) is 4.79 Å². The van der Waals surface area contributed by atoms with Crippen molar-refractivity contribution < 1.29 is 9.53 Å². The Morgan fingerprint density at radius 2 is 2.10 bits per heavy atom. The van der Waals surface area contributed by atoms with Gasteiger partial charge < -0.3 is 15.4 Å². The van der Waals surface area contributed by atoms with Crippen molar-refractivity contribution >= 4 is 18.3 Å². The molecule has 2 N–H and O–H groups in total. The molecule has 5 heteroatoms. The lowest BCUT2D eigenvalue weighted by Gasteiger charge is -2.29. The minimum atomic E-state index is 0. The van der Waals surface area contributed by atoms with Gasteiger partial charge in [0.05, 0.1) is 7.11 Å². The van der Waals surface area contributed by atoms with E-state index in [2.05, 4.69) is 0 Å². The van der Waals surface area contributed by atoms with Crippen LogP contribution in [0.25, 0.3) is 0 Å². The van der Waals surface area contributed by atoms with E-state index in [0.29, 0.717) is 6.54 Å². The second kappa shape index (κ2) is 8.25. The summed E-state index contributed by atoms with van der Waals surface area (Å²) >= 11 is 0. The molecule has 0 aromatic heterocycles. The molecule has 0 heterocycles. The molecule has 0 saturated heterocycles. The molecule has 2 atom stereocenters. The predicted octanol–water partition coefficient (Wildman–Crippen LogP) is 2.59. The highest BCUT2D eigenvalue weighted by atomic mass is 35.5. The molecule has 4 nitrogen and oxygen atoms in total. The number of ether oxygens (including phenoxy) is 1. The van der Waals surface area contributed by atoms with Crippen LogP contribution < -0.4 is 10.5 Å². The second-order valence-corrected chi connectivity index (χ2v) is 5.63. The first-order valence-corrected chi connectivity index (χ1v) is 7.24. The number of para-hydroxylation sites is 1. The molecule has 0 aliphatic heterocycles. The van der Waals surface area contributed by atoms with Crippen molar-refractivity contribution in [3.63, 3.8) is 0 Å². The maximum absolute atomic E-state index is 12.5. The van der Waals surface area contributed by atoms with E-state index in [-0.39, 0.29) is 30.3 Å². The SMILES string of the molecule is COc1ccccc1CN(C)C(=O)C1CCCC(N)C1.Cl. The molecule has 21 heavy (non-hydrogen) atoms. The number of carbonyl (C=O) groups is 1. The molecule has 1 aromatic rings. The Hall–Kier alpha value is -1.26. The molecule has 1 amide bonds. The third-order valence-corrected chi connectivity index (χ3v) is 4.04. The summed E-state index contributed by atoms with van der Waals surface area (Å²) in [4.78, 5) is 14.3. The van der Waals surface area contributed by atoms with Crippen LogP contribution in [-0.4, -0.2) is 31.0 Å². The van der Waals surface area contributed by atoms with Gasteiger partial charge in [0.2, 0.25) is 5.91 Å². The Morgan fingerprint density at radius 3 is 2.76 bits per heavy atom. The third-order valence-electron chi connectivity index (χ3n) is 4.04. The van der Waals surface area contributed by atoms with E-state index in [1.807, 2.05) is 31.3 Å². The molecule has 118 valence electrons. The topological polar surface area (TPSA) is 55.6 Å². The van der Waals surface area contributed by atoms with Crippen molar-refractivity contribution in [3.8, 4) is 5.75 Å². The molecule has 1 saturated carbocycles. The number of nitrogens with two attached hydrogens (primary N) is 1. The first kappa shape index (κ1) is 17.8. The van der Waals surface area contributed by atoms with Gasteiger partial charge in [0.15, 0.2) is 0 Å². The summed E-state index contributed by atoms with van der Waals surface area (Å²) in [6.07, 6.45) is 3.87. The standard InChI is InChI=1S/C16H24N2O2.ClH/c1-18(11-13-6-3-4-9-15(13)20-2)16(19)12-7-5-8-14(17)10-12;/h3-4,6,9,12,14H,5,7-8,10-11,17H2,1-2H3;1H. The van der Waals surface area contributed by atoms with Crippen LogP contribution in [0, 0.1) is 5.92 Å². The highest BCUT2D eigenvalue weighted by Gasteiger charge is 2.27. The minimum Gasteiger partial charge on any atom is -0.496 e. The molecule has 0 radical (unpaired) electrons. The Balaban J connectivity index is 0.00000220. The van der Waals surface area contributed by atoms with Gasteiger partial charge in [-0.15, -0.1) is 12.4 Å². The van der Waals surface area contributed by atoms with Crippen LogP contribution in [0.5, 0.6) is 5.75 Å². The predicted molar refractivity (Wildman–Crippen MR) is 86.6 cm³/mol. The van der Waals surface area contributed by atoms with Crippen molar-refractivity contribution in [1.29, 1.82) is 0 Å². The van der Waals surface area contributed by atoms with E-state index in [9.17, 15) is 4.79 Å². The van der Waals surface area contributed by atoms with E-state index in [4.69, 9.17) is 10.5 Å². The number of carbonyl (C=O) groups excluding carboxylic acids is 1. The average Bonchev–Trinajstić information content (AvgIpc) is 2.47. The van der Waals surface area contributed by atoms with E-state index in [1.165, 1.54) is 0 Å². The van der Waals surface area contributed by atoms with Gasteiger partial charge in [0.1, 0.15) is 5.75 Å². The highest BCUT2D eigenvalue weighted by molar-refractivity contribution is 5.85. The molecule has 2 unspecified atom stereocenters. The van der Waals surface area contributed by atoms with Crippen LogP contribution >= 0.6 is 12.4 Å². The summed E-state index contributed by atoms with van der Waals surface area (Å²) in [6.45, 7) is 0.578. The monoisotopic (exact) mass is 312 g/mol. The summed E-state index contributed by atoms with van der Waals surface area (Å²) in [6, 6.07) is 7.99. The van der Waals surface area contributed by atoms with Gasteiger partial charge in [-0.25, -0.2) is 0 Å². The molecule has 1 aromatic carbocycles. The van der Waals surface area contributed by atoms with Crippen molar-refractivity contribution in [2.45, 2.75) is 38.3 Å². The Bertz CT molecular complexity index is 467. The second-order valence-electron chi connectivity index (χ2n) is 5.63. The van der Waals surface area contributed by atoms with Crippen molar-refractivity contribution in [2.75, 3.05) is 14.2 Å². The van der Waals surface area contributed by atoms with Gasteiger partial charge in [-0.2, -0.15) is 0 Å². The van der Waals surface area contributed by atoms with E-state index >= 15 is 0 Å². The van der Waals surface area contributed by atoms with Gasteiger partial charge in [-0.1, -0.05) is 24.6 Å². The van der Waals surface area contributed by atoms with Gasteiger partial charge in [-0.05, 0) is 25.3 Å². The number of hydrogen-bond acceptors (Lipinski definition) is 3. The fourth-order valence-electron chi connectivity index (χ4n) is 2.93. The Labute approximate surface area is 133 Å². The van der Waals surface area contributed by atoms with Gasteiger partial charge >= 0.3 is 0 Å². The van der Waals surface area contributed by atoms with Gasteiger partial charge in [0, 0.05) is 31.1 Å². The number of halogens is 1. The first-order valence-electron chi connectivity index (χ1n) is 7.24. The number of rotatable bonds is 4. The summed E-state index contributed by atoms with van der Waals surface area (Å²) < 4.78 is 5.33. The zero-order chi connectivity index (χ0) is 14.5. The molecule has 1 aliphatic carbocycles. The van der Waals surface area contributed by atoms with Crippen molar-refractivity contribution in [3.05, 3.63) is 29.8 Å². The normalized spacial score (nSPS) is 21.3. The quantitative estimate of drug-likeness (QED) is 0.929. The molecule has 1 fully saturated rings. The maximum atomic E-state index is 12.5. The summed E-state index contributed by atoms with van der Waals surface area (Å²) in [5, 5.41) is 0. The zero-order valence-corrected chi connectivity index (χ0v) is 13.6.